The first kappa shape index (κ1) is 70.0. The number of unbranched alkanes of at least 4 members (excludes halogenated alkanes) is 8. The zero-order chi connectivity index (χ0) is 69.3. The highest BCUT2D eigenvalue weighted by molar-refractivity contribution is 7.79. The van der Waals surface area contributed by atoms with E-state index in [0.29, 0.717) is 73.3 Å². The van der Waals surface area contributed by atoms with E-state index in [1.54, 1.807) is 0 Å². The van der Waals surface area contributed by atoms with Crippen molar-refractivity contribution in [1.29, 1.82) is 0 Å². The minimum atomic E-state index is -3.53. The summed E-state index contributed by atoms with van der Waals surface area (Å²) in [4.78, 5) is 30.3. The van der Waals surface area contributed by atoms with Gasteiger partial charge in [-0.25, -0.2) is 0 Å². The lowest BCUT2D eigenvalue weighted by Gasteiger charge is -2.37. The van der Waals surface area contributed by atoms with Crippen molar-refractivity contribution in [2.75, 3.05) is 39.5 Å². The van der Waals surface area contributed by atoms with Crippen LogP contribution in [0.2, 0.25) is 0 Å². The molecule has 8 aromatic rings. The number of ether oxygens (including phenoxy) is 8. The Morgan fingerprint density at radius 2 is 0.560 bits per heavy atom. The summed E-state index contributed by atoms with van der Waals surface area (Å²) < 4.78 is 88.1. The Morgan fingerprint density at radius 3 is 0.790 bits per heavy atom. The van der Waals surface area contributed by atoms with Gasteiger partial charge in [0.05, 0.1) is 36.5 Å². The van der Waals surface area contributed by atoms with Crippen LogP contribution in [0.1, 0.15) is 221 Å². The molecule has 0 radical (unpaired) electrons. The van der Waals surface area contributed by atoms with Gasteiger partial charge >= 0.3 is 0 Å². The minimum absolute atomic E-state index is 0.0439. The van der Waals surface area contributed by atoms with E-state index in [4.69, 9.17) is 37.9 Å². The summed E-state index contributed by atoms with van der Waals surface area (Å²) in [5.74, 6) is 3.03. The number of rotatable bonds is 28. The first-order valence-electron chi connectivity index (χ1n) is 36.6. The Labute approximate surface area is 590 Å². The highest BCUT2D eigenvalue weighted by Gasteiger charge is 2.42. The molecule has 2 N–H and O–H groups in total. The molecular weight excluding hydrogens is 1290 g/mol. The molecule has 8 bridgehead atoms. The second-order valence-corrected chi connectivity index (χ2v) is 33.2. The van der Waals surface area contributed by atoms with Crippen LogP contribution in [0.15, 0.2) is 146 Å². The van der Waals surface area contributed by atoms with Crippen molar-refractivity contribution >= 4 is 47.3 Å². The van der Waals surface area contributed by atoms with Crippen LogP contribution in [-0.2, 0) is 31.8 Å². The van der Waals surface area contributed by atoms with E-state index in [1.807, 2.05) is 121 Å². The zero-order valence-electron chi connectivity index (χ0n) is 58.9. The number of carbonyl (C=O) groups excluding carboxylic acids is 2. The van der Waals surface area contributed by atoms with Gasteiger partial charge in [-0.1, -0.05) is 226 Å². The molecule has 100 heavy (non-hydrogen) atoms. The molecule has 2 unspecified atom stereocenters. The largest absolute Gasteiger partial charge is 0.457 e. The van der Waals surface area contributed by atoms with Gasteiger partial charge in [-0.3, -0.25) is 9.59 Å². The topological polar surface area (TPSA) is 166 Å². The SMILES string of the molecule is CCCCCC1c2cc3c4c(C)c2OCOc2c1cc1c(c2C)OCOc2c(cc5c(c2CNC(=O)CP(=O)(c2ccccc2)c2ccccc2)OCOc2c(cc(c(c2CNC(=O)CP(=O)(c2ccccc2)c2ccccc2)OCO4)C3CCCCC)C5CCCCC)C1CCCCC. The third-order valence-corrected chi connectivity index (χ3v) is 27.2. The van der Waals surface area contributed by atoms with E-state index in [2.05, 4.69) is 76.4 Å². The molecule has 4 aliphatic heterocycles. The van der Waals surface area contributed by atoms with Gasteiger partial charge in [0.1, 0.15) is 46.0 Å². The van der Waals surface area contributed by atoms with Crippen LogP contribution in [0.5, 0.6) is 46.0 Å². The van der Waals surface area contributed by atoms with Crippen molar-refractivity contribution in [3.8, 4) is 46.0 Å². The van der Waals surface area contributed by atoms with Gasteiger partial charge < -0.3 is 57.7 Å². The molecule has 524 valence electrons. The number of carbonyl (C=O) groups is 2. The lowest BCUT2D eigenvalue weighted by molar-refractivity contribution is -0.119. The molecule has 0 fully saturated rings. The summed E-state index contributed by atoms with van der Waals surface area (Å²) in [5, 5.41) is 9.02. The predicted octanol–water partition coefficient (Wildman–Crippen LogP) is 17.6. The minimum Gasteiger partial charge on any atom is -0.457 e. The van der Waals surface area contributed by atoms with Crippen LogP contribution in [0.25, 0.3) is 0 Å². The van der Waals surface area contributed by atoms with E-state index >= 15 is 18.7 Å². The molecule has 0 aromatic heterocycles. The van der Waals surface area contributed by atoms with Crippen molar-refractivity contribution in [3.05, 3.63) is 212 Å². The maximum absolute atomic E-state index is 15.7. The zero-order valence-corrected chi connectivity index (χ0v) is 60.7. The molecule has 14 nitrogen and oxygen atoms in total. The maximum atomic E-state index is 15.7. The Bertz CT molecular complexity index is 3990. The summed E-state index contributed by atoms with van der Waals surface area (Å²) >= 11 is 0. The van der Waals surface area contributed by atoms with Gasteiger partial charge in [0.25, 0.3) is 0 Å². The summed E-state index contributed by atoms with van der Waals surface area (Å²) in [6.45, 7) is 12.4. The molecule has 8 aromatic carbocycles. The number of amides is 2. The molecule has 2 amide bonds. The highest BCUT2D eigenvalue weighted by atomic mass is 31.2. The maximum Gasteiger partial charge on any atom is 0.230 e. The van der Waals surface area contributed by atoms with Crippen LogP contribution in [0, 0.1) is 13.8 Å². The van der Waals surface area contributed by atoms with Gasteiger partial charge in [0.15, 0.2) is 14.3 Å². The van der Waals surface area contributed by atoms with E-state index in [9.17, 15) is 0 Å². The van der Waals surface area contributed by atoms with Crippen LogP contribution < -0.4 is 69.7 Å². The molecule has 5 aliphatic rings. The van der Waals surface area contributed by atoms with Crippen molar-refractivity contribution in [3.63, 3.8) is 0 Å². The first-order valence-corrected chi connectivity index (χ1v) is 40.4. The van der Waals surface area contributed by atoms with Crippen molar-refractivity contribution in [2.24, 2.45) is 0 Å². The van der Waals surface area contributed by atoms with Crippen molar-refractivity contribution in [1.82, 2.24) is 10.6 Å². The second kappa shape index (κ2) is 31.6. The van der Waals surface area contributed by atoms with Gasteiger partial charge in [0, 0.05) is 101 Å². The van der Waals surface area contributed by atoms with E-state index < -0.39 is 32.0 Å². The Hall–Kier alpha value is -8.44. The standard InChI is InChI=1S/C84H96N2O12P2/c1-7-11-19-39-61-65-43-67-62(40-20-12-8-2)69-45-71-64(42-22-14-10-4)72-46-70-63(41-21-13-9-3)68-44-66(61)78-56(6)80(68)94-53-96-82(70)74(48-86-76(88)50-100(90,59-35-27-17-28-36-59)60-37-29-18-30-38-60)84(72)98-54-97-83(71)73(81(69)95-52-93-79(67)55(5)77(65)91-51-92-78)47-85-75(87)49-99(89,57-31-23-15-24-32-57)58-33-25-16-26-34-58/h15-18,23-38,43-46,61-64H,7-14,19-22,39-42,47-54H2,1-6H3,(H,85,87)(H,86,88). The summed E-state index contributed by atoms with van der Waals surface area (Å²) in [5.41, 5.74) is 10.9. The monoisotopic (exact) mass is 1390 g/mol. The summed E-state index contributed by atoms with van der Waals surface area (Å²) in [7, 11) is -7.05. The lowest BCUT2D eigenvalue weighted by atomic mass is 9.74. The van der Waals surface area contributed by atoms with E-state index in [1.165, 1.54) is 0 Å². The number of hydrogen-bond donors (Lipinski definition) is 2. The smallest absolute Gasteiger partial charge is 0.230 e. The van der Waals surface area contributed by atoms with Crippen LogP contribution >= 0.6 is 14.3 Å². The molecule has 4 heterocycles. The van der Waals surface area contributed by atoms with Gasteiger partial charge in [-0.05, 0) is 63.8 Å². The van der Waals surface area contributed by atoms with Crippen molar-refractivity contribution < 1.29 is 56.6 Å². The van der Waals surface area contributed by atoms with Gasteiger partial charge in [-0.15, -0.1) is 0 Å². The lowest BCUT2D eigenvalue weighted by Crippen LogP contribution is -2.32. The fraction of sp³-hybridized carbons (Fsp3) is 0.405. The number of benzene rings is 8. The molecule has 2 atom stereocenters. The van der Waals surface area contributed by atoms with Crippen LogP contribution in [-0.4, -0.2) is 51.3 Å². The molecule has 16 heteroatoms. The second-order valence-electron chi connectivity index (χ2n) is 27.6. The Kier molecular flexibility index (Phi) is 22.1. The third kappa shape index (κ3) is 14.1. The Balaban J connectivity index is 1.08. The predicted molar refractivity (Wildman–Crippen MR) is 397 cm³/mol. The summed E-state index contributed by atoms with van der Waals surface area (Å²) in [6, 6.07) is 46.7. The molecular formula is C84H96N2O12P2. The van der Waals surface area contributed by atoms with Gasteiger partial charge in [0.2, 0.25) is 39.0 Å². The van der Waals surface area contributed by atoms with E-state index in [0.717, 1.165) is 163 Å². The van der Waals surface area contributed by atoms with E-state index in [-0.39, 0.29) is 70.3 Å². The quantitative estimate of drug-likeness (QED) is 0.0353. The summed E-state index contributed by atoms with van der Waals surface area (Å²) in [6.07, 6.45) is 13.9. The van der Waals surface area contributed by atoms with Gasteiger partial charge in [-0.2, -0.15) is 0 Å². The normalized spacial score (nSPS) is 16.9. The average Bonchev–Trinajstić information content (AvgIpc) is 0.724. The molecule has 0 saturated heterocycles. The average molecular weight is 1390 g/mol. The molecule has 1 aliphatic carbocycles. The fourth-order valence-corrected chi connectivity index (χ4v) is 21.1. The van der Waals surface area contributed by atoms with Crippen molar-refractivity contribution in [2.45, 2.75) is 181 Å². The highest BCUT2D eigenvalue weighted by Crippen LogP contribution is 2.59. The molecule has 0 spiro atoms. The third-order valence-electron chi connectivity index (χ3n) is 21.2. The number of hydrogen-bond acceptors (Lipinski definition) is 12. The van der Waals surface area contributed by atoms with Crippen LogP contribution in [0.4, 0.5) is 0 Å². The molecule has 0 saturated carbocycles. The fourth-order valence-electron chi connectivity index (χ4n) is 16.1. The Morgan fingerprint density at radius 1 is 0.340 bits per heavy atom. The molecule has 13 rings (SSSR count). The first-order chi connectivity index (χ1) is 48.9. The number of nitrogens with one attached hydrogen (secondary N) is 2. The van der Waals surface area contributed by atoms with Crippen LogP contribution in [0.3, 0.4) is 0 Å².